The summed E-state index contributed by atoms with van der Waals surface area (Å²) in [7, 11) is 0. The second-order valence-electron chi connectivity index (χ2n) is 7.05. The van der Waals surface area contributed by atoms with E-state index < -0.39 is 17.7 Å². The standard InChI is InChI=1S/C16H20BrN3O3/c1-16(2,3)23-15(22)20-10-7-9(8-10)13(20)14(21)19-12-6-4-5-11(17)18-12/h4-6,9-10,13H,7-8H2,1-3H3,(H,18,19,21)/t9?,10?,13-/m0/s1. The van der Waals surface area contributed by atoms with E-state index >= 15 is 0 Å². The van der Waals surface area contributed by atoms with Crippen molar-refractivity contribution in [1.82, 2.24) is 9.88 Å². The Morgan fingerprint density at radius 3 is 2.65 bits per heavy atom. The van der Waals surface area contributed by atoms with Crippen LogP contribution in [0, 0.1) is 5.92 Å². The Morgan fingerprint density at radius 2 is 2.04 bits per heavy atom. The highest BCUT2D eigenvalue weighted by atomic mass is 79.9. The van der Waals surface area contributed by atoms with Crippen LogP contribution in [0.4, 0.5) is 10.6 Å². The van der Waals surface area contributed by atoms with Gasteiger partial charge in [-0.05, 0) is 67.6 Å². The van der Waals surface area contributed by atoms with Crippen LogP contribution in [0.3, 0.4) is 0 Å². The predicted octanol–water partition coefficient (Wildman–Crippen LogP) is 3.18. The average molecular weight is 382 g/mol. The molecule has 3 heterocycles. The van der Waals surface area contributed by atoms with E-state index in [2.05, 4.69) is 26.2 Å². The van der Waals surface area contributed by atoms with Crippen LogP contribution >= 0.6 is 15.9 Å². The number of carbonyl (C=O) groups excluding carboxylic acids is 2. The molecular formula is C16H20BrN3O3. The lowest BCUT2D eigenvalue weighted by atomic mass is 9.83. The molecule has 23 heavy (non-hydrogen) atoms. The molecule has 1 atom stereocenters. The van der Waals surface area contributed by atoms with Gasteiger partial charge in [-0.1, -0.05) is 6.07 Å². The van der Waals surface area contributed by atoms with E-state index in [4.69, 9.17) is 4.74 Å². The fourth-order valence-corrected chi connectivity index (χ4v) is 3.51. The van der Waals surface area contributed by atoms with Gasteiger partial charge in [0.15, 0.2) is 0 Å². The van der Waals surface area contributed by atoms with E-state index in [1.165, 1.54) is 0 Å². The van der Waals surface area contributed by atoms with E-state index in [1.54, 1.807) is 23.1 Å². The van der Waals surface area contributed by atoms with Crippen LogP contribution in [0.2, 0.25) is 0 Å². The summed E-state index contributed by atoms with van der Waals surface area (Å²) in [4.78, 5) is 30.9. The molecule has 0 radical (unpaired) electrons. The van der Waals surface area contributed by atoms with Crippen molar-refractivity contribution >= 4 is 33.7 Å². The summed E-state index contributed by atoms with van der Waals surface area (Å²) in [5, 5.41) is 2.80. The third-order valence-corrected chi connectivity index (χ3v) is 4.57. The molecule has 1 aromatic rings. The van der Waals surface area contributed by atoms with E-state index in [-0.39, 0.29) is 17.9 Å². The Balaban J connectivity index is 1.73. The third kappa shape index (κ3) is 3.34. The van der Waals surface area contributed by atoms with Crippen molar-refractivity contribution in [3.63, 3.8) is 0 Å². The Hall–Kier alpha value is -1.63. The van der Waals surface area contributed by atoms with Gasteiger partial charge in [0.2, 0.25) is 5.91 Å². The minimum absolute atomic E-state index is 0.112. The van der Waals surface area contributed by atoms with E-state index in [9.17, 15) is 9.59 Å². The lowest BCUT2D eigenvalue weighted by Gasteiger charge is -2.29. The SMILES string of the molecule is CC(C)(C)OC(=O)N1C2CC(C2)[C@H]1C(=O)Nc1cccc(Br)n1. The second kappa shape index (κ2) is 5.78. The van der Waals surface area contributed by atoms with E-state index in [1.807, 2.05) is 20.8 Å². The molecule has 0 spiro atoms. The lowest BCUT2D eigenvalue weighted by molar-refractivity contribution is -0.120. The van der Waals surface area contributed by atoms with Crippen LogP contribution in [-0.4, -0.2) is 39.6 Å². The van der Waals surface area contributed by atoms with Gasteiger partial charge in [-0.15, -0.1) is 0 Å². The first kappa shape index (κ1) is 16.2. The van der Waals surface area contributed by atoms with Gasteiger partial charge in [0.1, 0.15) is 22.1 Å². The number of hydrogen-bond donors (Lipinski definition) is 1. The molecule has 6 nitrogen and oxygen atoms in total. The molecule has 2 aliphatic heterocycles. The predicted molar refractivity (Wildman–Crippen MR) is 88.9 cm³/mol. The largest absolute Gasteiger partial charge is 0.444 e. The Kier molecular flexibility index (Phi) is 4.08. The van der Waals surface area contributed by atoms with Gasteiger partial charge in [-0.25, -0.2) is 9.78 Å². The van der Waals surface area contributed by atoms with E-state index in [0.29, 0.717) is 10.4 Å². The molecule has 1 N–H and O–H groups in total. The summed E-state index contributed by atoms with van der Waals surface area (Å²) >= 11 is 3.28. The fraction of sp³-hybridized carbons (Fsp3) is 0.562. The summed E-state index contributed by atoms with van der Waals surface area (Å²) in [6, 6.07) is 4.94. The van der Waals surface area contributed by atoms with Crippen LogP contribution in [0.5, 0.6) is 0 Å². The van der Waals surface area contributed by atoms with Crippen molar-refractivity contribution in [2.24, 2.45) is 5.92 Å². The van der Waals surface area contributed by atoms with Gasteiger partial charge in [0, 0.05) is 6.04 Å². The van der Waals surface area contributed by atoms with Gasteiger partial charge >= 0.3 is 6.09 Å². The number of rotatable bonds is 2. The molecule has 7 heteroatoms. The summed E-state index contributed by atoms with van der Waals surface area (Å²) in [5.41, 5.74) is -0.572. The molecule has 3 aliphatic rings. The highest BCUT2D eigenvalue weighted by molar-refractivity contribution is 9.10. The molecule has 3 fully saturated rings. The molecule has 2 saturated heterocycles. The highest BCUT2D eigenvalue weighted by Crippen LogP contribution is 2.46. The summed E-state index contributed by atoms with van der Waals surface area (Å²) in [6.45, 7) is 5.48. The number of aromatic nitrogens is 1. The molecule has 2 amide bonds. The number of amides is 2. The molecule has 1 saturated carbocycles. The number of anilines is 1. The summed E-state index contributed by atoms with van der Waals surface area (Å²) < 4.78 is 6.10. The minimum Gasteiger partial charge on any atom is -0.444 e. The maximum atomic E-state index is 12.6. The fourth-order valence-electron chi connectivity index (χ4n) is 3.16. The van der Waals surface area contributed by atoms with Crippen molar-refractivity contribution in [2.45, 2.75) is 51.3 Å². The number of fused-ring (bicyclic) bond motifs is 1. The van der Waals surface area contributed by atoms with Gasteiger partial charge in [0.25, 0.3) is 0 Å². The number of pyridine rings is 1. The molecule has 0 unspecified atom stereocenters. The van der Waals surface area contributed by atoms with Crippen LogP contribution < -0.4 is 5.32 Å². The van der Waals surface area contributed by atoms with Crippen molar-refractivity contribution in [3.8, 4) is 0 Å². The maximum Gasteiger partial charge on any atom is 0.411 e. The number of hydrogen-bond acceptors (Lipinski definition) is 4. The number of carbonyl (C=O) groups is 2. The van der Waals surface area contributed by atoms with Gasteiger partial charge < -0.3 is 10.1 Å². The Morgan fingerprint density at radius 1 is 1.35 bits per heavy atom. The molecule has 0 aromatic carbocycles. The molecule has 4 rings (SSSR count). The zero-order valence-electron chi connectivity index (χ0n) is 13.4. The summed E-state index contributed by atoms with van der Waals surface area (Å²) in [5.74, 6) is 0.476. The number of halogens is 1. The topological polar surface area (TPSA) is 71.5 Å². The normalized spacial score (nSPS) is 25.7. The average Bonchev–Trinajstić information content (AvgIpc) is 2.91. The van der Waals surface area contributed by atoms with Crippen LogP contribution in [0.1, 0.15) is 33.6 Å². The Labute approximate surface area is 143 Å². The second-order valence-corrected chi connectivity index (χ2v) is 7.87. The zero-order chi connectivity index (χ0) is 16.8. The first-order valence-corrected chi connectivity index (χ1v) is 8.48. The maximum absolute atomic E-state index is 12.6. The molecule has 1 aromatic heterocycles. The molecule has 1 aliphatic carbocycles. The van der Waals surface area contributed by atoms with Crippen LogP contribution in [0.25, 0.3) is 0 Å². The molecule has 2 bridgehead atoms. The summed E-state index contributed by atoms with van der Waals surface area (Å²) in [6.07, 6.45) is 1.32. The molecule has 124 valence electrons. The van der Waals surface area contributed by atoms with Gasteiger partial charge in [-0.3, -0.25) is 9.69 Å². The van der Waals surface area contributed by atoms with Crippen molar-refractivity contribution in [3.05, 3.63) is 22.8 Å². The number of nitrogens with one attached hydrogen (secondary N) is 1. The van der Waals surface area contributed by atoms with E-state index in [0.717, 1.165) is 12.8 Å². The minimum atomic E-state index is -0.572. The van der Waals surface area contributed by atoms with Gasteiger partial charge in [-0.2, -0.15) is 0 Å². The number of nitrogens with zero attached hydrogens (tertiary/aromatic N) is 2. The van der Waals surface area contributed by atoms with Crippen LogP contribution in [0.15, 0.2) is 22.8 Å². The van der Waals surface area contributed by atoms with Crippen molar-refractivity contribution in [2.75, 3.05) is 5.32 Å². The first-order valence-electron chi connectivity index (χ1n) is 7.69. The quantitative estimate of drug-likeness (QED) is 0.798. The molecular weight excluding hydrogens is 362 g/mol. The smallest absolute Gasteiger partial charge is 0.411 e. The first-order chi connectivity index (χ1) is 10.7. The number of ether oxygens (including phenoxy) is 1. The van der Waals surface area contributed by atoms with Gasteiger partial charge in [0.05, 0.1) is 0 Å². The highest BCUT2D eigenvalue weighted by Gasteiger charge is 2.56. The van der Waals surface area contributed by atoms with Crippen molar-refractivity contribution in [1.29, 1.82) is 0 Å². The lowest BCUT2D eigenvalue weighted by Crippen LogP contribution is -2.46. The van der Waals surface area contributed by atoms with Crippen molar-refractivity contribution < 1.29 is 14.3 Å². The van der Waals surface area contributed by atoms with Crippen LogP contribution in [-0.2, 0) is 9.53 Å². The Bertz CT molecular complexity index is 638. The third-order valence-electron chi connectivity index (χ3n) is 4.13. The monoisotopic (exact) mass is 381 g/mol. The zero-order valence-corrected chi connectivity index (χ0v) is 15.0.